The molecule has 18 heavy (non-hydrogen) atoms. The van der Waals surface area contributed by atoms with Crippen LogP contribution in [0.3, 0.4) is 0 Å². The third kappa shape index (κ3) is 5.00. The maximum Gasteiger partial charge on any atom is 0.328 e. The molecule has 0 rings (SSSR count). The molecule has 0 aliphatic rings. The zero-order valence-electron chi connectivity index (χ0n) is 10.8. The van der Waals surface area contributed by atoms with E-state index in [1.165, 1.54) is 32.8 Å². The van der Waals surface area contributed by atoms with Crippen molar-refractivity contribution in [2.75, 3.05) is 14.1 Å². The summed E-state index contributed by atoms with van der Waals surface area (Å²) in [6, 6.07) is -3.04. The van der Waals surface area contributed by atoms with E-state index in [1.54, 1.807) is 0 Å². The summed E-state index contributed by atoms with van der Waals surface area (Å²) in [5, 5.41) is 22.3. The third-order valence-corrected chi connectivity index (χ3v) is 2.19. The Bertz CT molecular complexity index is 329. The fraction of sp³-hybridized carbons (Fsp3) is 0.700. The largest absolute Gasteiger partial charge is 0.480 e. The molecule has 0 aliphatic carbocycles. The highest BCUT2D eigenvalue weighted by Gasteiger charge is 2.26. The van der Waals surface area contributed by atoms with Gasteiger partial charge in [0.1, 0.15) is 6.04 Å². The lowest BCUT2D eigenvalue weighted by Gasteiger charge is -2.21. The normalized spacial score (nSPS) is 15.2. The van der Waals surface area contributed by atoms with Crippen molar-refractivity contribution in [2.45, 2.75) is 32.0 Å². The Labute approximate surface area is 105 Å². The molecule has 104 valence electrons. The first-order valence-corrected chi connectivity index (χ1v) is 5.35. The molecule has 0 aromatic carbocycles. The van der Waals surface area contributed by atoms with Gasteiger partial charge in [-0.2, -0.15) is 0 Å². The summed E-state index contributed by atoms with van der Waals surface area (Å²) in [7, 11) is 3.07. The highest BCUT2D eigenvalue weighted by atomic mass is 16.4. The lowest BCUT2D eigenvalue weighted by molar-refractivity contribution is -0.141. The van der Waals surface area contributed by atoms with Crippen LogP contribution in [0.15, 0.2) is 0 Å². The number of rotatable bonds is 5. The average molecular weight is 261 g/mol. The van der Waals surface area contributed by atoms with Crippen LogP contribution in [0.4, 0.5) is 4.79 Å². The van der Waals surface area contributed by atoms with E-state index >= 15 is 0 Å². The number of likely N-dealkylation sites (N-methyl/N-ethyl adjacent to an activating group) is 1. The van der Waals surface area contributed by atoms with Gasteiger partial charge >= 0.3 is 12.0 Å². The number of carboxylic acid groups (broad SMARTS) is 1. The molecule has 0 fully saturated rings. The van der Waals surface area contributed by atoms with E-state index < -0.39 is 30.2 Å². The summed E-state index contributed by atoms with van der Waals surface area (Å²) in [4.78, 5) is 34.9. The molecule has 0 heterocycles. The molecule has 0 aromatic rings. The Hall–Kier alpha value is -1.83. The van der Waals surface area contributed by atoms with Crippen LogP contribution in [0, 0.1) is 0 Å². The molecular weight excluding hydrogens is 242 g/mol. The Morgan fingerprint density at radius 3 is 1.94 bits per heavy atom. The molecule has 3 atom stereocenters. The second-order valence-corrected chi connectivity index (χ2v) is 4.13. The summed E-state index contributed by atoms with van der Waals surface area (Å²) < 4.78 is 0. The standard InChI is InChI=1S/C10H19N3O5/c1-5(8(15)13(3)4)11-10(18)12-7(6(2)14)9(16)17/h5-7,14H,1-4H3,(H,16,17)(H2,11,12,18)/t5?,6-,7+/m1/s1. The molecule has 0 aromatic heterocycles. The first-order chi connectivity index (χ1) is 8.16. The van der Waals surface area contributed by atoms with Gasteiger partial charge in [0.25, 0.3) is 0 Å². The first-order valence-electron chi connectivity index (χ1n) is 5.35. The summed E-state index contributed by atoms with van der Waals surface area (Å²) >= 11 is 0. The number of hydrogen-bond donors (Lipinski definition) is 4. The van der Waals surface area contributed by atoms with Gasteiger partial charge in [0, 0.05) is 14.1 Å². The molecule has 0 spiro atoms. The van der Waals surface area contributed by atoms with E-state index in [9.17, 15) is 14.4 Å². The van der Waals surface area contributed by atoms with Gasteiger partial charge in [-0.15, -0.1) is 0 Å². The highest BCUT2D eigenvalue weighted by molar-refractivity contribution is 5.88. The van der Waals surface area contributed by atoms with Gasteiger partial charge < -0.3 is 25.7 Å². The Balaban J connectivity index is 4.42. The van der Waals surface area contributed by atoms with Crippen molar-refractivity contribution in [2.24, 2.45) is 0 Å². The molecule has 0 saturated heterocycles. The number of aliphatic hydroxyl groups is 1. The number of carbonyl (C=O) groups excluding carboxylic acids is 2. The van der Waals surface area contributed by atoms with Crippen LogP contribution in [0.1, 0.15) is 13.8 Å². The first kappa shape index (κ1) is 16.2. The lowest BCUT2D eigenvalue weighted by Crippen LogP contribution is -2.54. The molecule has 1 unspecified atom stereocenters. The summed E-state index contributed by atoms with van der Waals surface area (Å²) in [6.07, 6.45) is -1.24. The second kappa shape index (κ2) is 6.80. The van der Waals surface area contributed by atoms with Gasteiger partial charge in [0.05, 0.1) is 6.10 Å². The average Bonchev–Trinajstić information content (AvgIpc) is 2.23. The summed E-state index contributed by atoms with van der Waals surface area (Å²) in [6.45, 7) is 2.72. The van der Waals surface area contributed by atoms with Gasteiger partial charge in [-0.1, -0.05) is 0 Å². The quantitative estimate of drug-likeness (QED) is 0.485. The molecule has 0 aliphatic heterocycles. The molecule has 0 bridgehead atoms. The summed E-state index contributed by atoms with van der Waals surface area (Å²) in [5.74, 6) is -1.68. The van der Waals surface area contributed by atoms with Crippen LogP contribution in [0.2, 0.25) is 0 Å². The lowest BCUT2D eigenvalue weighted by atomic mass is 10.2. The van der Waals surface area contributed by atoms with Crippen molar-refractivity contribution in [1.82, 2.24) is 15.5 Å². The van der Waals surface area contributed by atoms with Gasteiger partial charge in [-0.25, -0.2) is 9.59 Å². The maximum absolute atomic E-state index is 11.4. The van der Waals surface area contributed by atoms with Crippen molar-refractivity contribution in [3.63, 3.8) is 0 Å². The molecule has 8 heteroatoms. The van der Waals surface area contributed by atoms with E-state index in [2.05, 4.69) is 10.6 Å². The van der Waals surface area contributed by atoms with Crippen LogP contribution < -0.4 is 10.6 Å². The molecule has 4 N–H and O–H groups in total. The van der Waals surface area contributed by atoms with Crippen molar-refractivity contribution >= 4 is 17.9 Å². The number of carboxylic acids is 1. The smallest absolute Gasteiger partial charge is 0.328 e. The fourth-order valence-corrected chi connectivity index (χ4v) is 1.22. The van der Waals surface area contributed by atoms with Crippen LogP contribution in [-0.2, 0) is 9.59 Å². The minimum absolute atomic E-state index is 0.325. The van der Waals surface area contributed by atoms with Gasteiger partial charge in [-0.3, -0.25) is 4.79 Å². The Kier molecular flexibility index (Phi) is 6.11. The second-order valence-electron chi connectivity index (χ2n) is 4.13. The number of carbonyl (C=O) groups is 3. The van der Waals surface area contributed by atoms with Crippen molar-refractivity contribution < 1.29 is 24.6 Å². The molecule has 0 radical (unpaired) electrons. The molecule has 0 saturated carbocycles. The Morgan fingerprint density at radius 2 is 1.61 bits per heavy atom. The molecule has 3 amide bonds. The minimum atomic E-state index is -1.42. The minimum Gasteiger partial charge on any atom is -0.480 e. The van der Waals surface area contributed by atoms with Crippen LogP contribution in [0.25, 0.3) is 0 Å². The van der Waals surface area contributed by atoms with E-state index in [-0.39, 0.29) is 5.91 Å². The predicted octanol–water partition coefficient (Wildman–Crippen LogP) is -1.40. The number of aliphatic carboxylic acids is 1. The fourth-order valence-electron chi connectivity index (χ4n) is 1.22. The number of hydrogen-bond acceptors (Lipinski definition) is 4. The highest BCUT2D eigenvalue weighted by Crippen LogP contribution is 1.94. The SMILES string of the molecule is CC(NC(=O)N[C@H](C(=O)O)[C@@H](C)O)C(=O)N(C)C. The predicted molar refractivity (Wildman–Crippen MR) is 62.9 cm³/mol. The van der Waals surface area contributed by atoms with Crippen molar-refractivity contribution in [3.8, 4) is 0 Å². The van der Waals surface area contributed by atoms with Crippen LogP contribution in [-0.4, -0.2) is 65.3 Å². The Morgan fingerprint density at radius 1 is 1.11 bits per heavy atom. The van der Waals surface area contributed by atoms with E-state index in [0.29, 0.717) is 0 Å². The monoisotopic (exact) mass is 261 g/mol. The molecular formula is C10H19N3O5. The van der Waals surface area contributed by atoms with Gasteiger partial charge in [-0.05, 0) is 13.8 Å². The van der Waals surface area contributed by atoms with Crippen molar-refractivity contribution in [3.05, 3.63) is 0 Å². The van der Waals surface area contributed by atoms with Crippen molar-refractivity contribution in [1.29, 1.82) is 0 Å². The zero-order chi connectivity index (χ0) is 14.5. The zero-order valence-corrected chi connectivity index (χ0v) is 10.8. The number of urea groups is 1. The number of nitrogens with zero attached hydrogens (tertiary/aromatic N) is 1. The number of amides is 3. The van der Waals surface area contributed by atoms with E-state index in [4.69, 9.17) is 10.2 Å². The molecule has 8 nitrogen and oxygen atoms in total. The maximum atomic E-state index is 11.4. The number of nitrogens with one attached hydrogen (secondary N) is 2. The van der Waals surface area contributed by atoms with E-state index in [0.717, 1.165) is 0 Å². The van der Waals surface area contributed by atoms with Crippen LogP contribution >= 0.6 is 0 Å². The van der Waals surface area contributed by atoms with Gasteiger partial charge in [0.2, 0.25) is 5.91 Å². The van der Waals surface area contributed by atoms with Gasteiger partial charge in [0.15, 0.2) is 6.04 Å². The summed E-state index contributed by atoms with van der Waals surface area (Å²) in [5.41, 5.74) is 0. The van der Waals surface area contributed by atoms with Crippen LogP contribution in [0.5, 0.6) is 0 Å². The number of aliphatic hydroxyl groups excluding tert-OH is 1. The third-order valence-electron chi connectivity index (χ3n) is 2.19. The topological polar surface area (TPSA) is 119 Å². The van der Waals surface area contributed by atoms with E-state index in [1.807, 2.05) is 0 Å².